The minimum atomic E-state index is -1.00. The predicted octanol–water partition coefficient (Wildman–Crippen LogP) is 2.61. The Hall–Kier alpha value is -1.79. The van der Waals surface area contributed by atoms with Crippen LogP contribution in [-0.2, 0) is 13.1 Å². The fraction of sp³-hybridized carbons (Fsp3) is 0.231. The number of aromatic nitrogens is 1. The molecule has 0 bridgehead atoms. The normalized spacial score (nSPS) is 10.9. The molecule has 0 saturated heterocycles. The summed E-state index contributed by atoms with van der Waals surface area (Å²) in [4.78, 5) is 16.7. The van der Waals surface area contributed by atoms with Crippen molar-refractivity contribution in [2.45, 2.75) is 13.1 Å². The standard InChI is InChI=1S/C13H13FN2O2S/c1-16(6-9-2-4-10(14)5-3-9)7-11-8-19-12(15-11)13(17)18/h2-5,8H,6-7H2,1H3,(H,17,18). The first-order valence-electron chi connectivity index (χ1n) is 5.65. The van der Waals surface area contributed by atoms with Crippen LogP contribution in [0.4, 0.5) is 4.39 Å². The van der Waals surface area contributed by atoms with Crippen LogP contribution in [-0.4, -0.2) is 28.0 Å². The van der Waals surface area contributed by atoms with Crippen LogP contribution in [0.3, 0.4) is 0 Å². The third-order valence-electron chi connectivity index (χ3n) is 2.53. The highest BCUT2D eigenvalue weighted by Gasteiger charge is 2.10. The molecule has 6 heteroatoms. The molecule has 2 rings (SSSR count). The number of carboxylic acids is 1. The number of halogens is 1. The molecule has 2 aromatic rings. The first-order chi connectivity index (χ1) is 9.04. The van der Waals surface area contributed by atoms with Crippen LogP contribution in [0.25, 0.3) is 0 Å². The molecule has 0 aliphatic heterocycles. The van der Waals surface area contributed by atoms with Crippen molar-refractivity contribution in [3.8, 4) is 0 Å². The van der Waals surface area contributed by atoms with E-state index in [1.54, 1.807) is 17.5 Å². The summed E-state index contributed by atoms with van der Waals surface area (Å²) in [6.07, 6.45) is 0. The van der Waals surface area contributed by atoms with Gasteiger partial charge in [0.15, 0.2) is 0 Å². The van der Waals surface area contributed by atoms with Gasteiger partial charge in [0.2, 0.25) is 5.01 Å². The second-order valence-corrected chi connectivity index (χ2v) is 5.11. The van der Waals surface area contributed by atoms with Gasteiger partial charge in [-0.05, 0) is 24.7 Å². The lowest BCUT2D eigenvalue weighted by atomic mass is 10.2. The van der Waals surface area contributed by atoms with Gasteiger partial charge < -0.3 is 5.11 Å². The summed E-state index contributed by atoms with van der Waals surface area (Å²) in [7, 11) is 1.91. The van der Waals surface area contributed by atoms with Gasteiger partial charge in [-0.2, -0.15) is 0 Å². The lowest BCUT2D eigenvalue weighted by molar-refractivity contribution is 0.0696. The van der Waals surface area contributed by atoms with Crippen molar-refractivity contribution in [3.63, 3.8) is 0 Å². The molecule has 4 nitrogen and oxygen atoms in total. The Morgan fingerprint density at radius 3 is 2.63 bits per heavy atom. The molecule has 0 amide bonds. The van der Waals surface area contributed by atoms with E-state index in [1.165, 1.54) is 12.1 Å². The lowest BCUT2D eigenvalue weighted by Crippen LogP contribution is -2.17. The van der Waals surface area contributed by atoms with Crippen LogP contribution in [0.5, 0.6) is 0 Å². The zero-order chi connectivity index (χ0) is 13.8. The predicted molar refractivity (Wildman–Crippen MR) is 70.6 cm³/mol. The Morgan fingerprint density at radius 1 is 1.37 bits per heavy atom. The van der Waals surface area contributed by atoms with Gasteiger partial charge in [0, 0.05) is 18.5 Å². The lowest BCUT2D eigenvalue weighted by Gasteiger charge is -2.15. The van der Waals surface area contributed by atoms with Crippen molar-refractivity contribution in [1.82, 2.24) is 9.88 Å². The summed E-state index contributed by atoms with van der Waals surface area (Å²) in [6, 6.07) is 6.31. The molecule has 0 radical (unpaired) electrons. The molecular formula is C13H13FN2O2S. The molecule has 0 aliphatic rings. The number of hydrogen-bond donors (Lipinski definition) is 1. The van der Waals surface area contributed by atoms with Gasteiger partial charge in [0.25, 0.3) is 0 Å². The van der Waals surface area contributed by atoms with Gasteiger partial charge in [-0.1, -0.05) is 12.1 Å². The number of thiazole rings is 1. The van der Waals surface area contributed by atoms with Crippen LogP contribution in [0.1, 0.15) is 21.1 Å². The Bertz CT molecular complexity index is 568. The van der Waals surface area contributed by atoms with E-state index in [0.29, 0.717) is 13.1 Å². The Morgan fingerprint density at radius 2 is 2.05 bits per heavy atom. The fourth-order valence-corrected chi connectivity index (χ4v) is 2.36. The van der Waals surface area contributed by atoms with E-state index in [2.05, 4.69) is 4.98 Å². The number of carbonyl (C=O) groups is 1. The van der Waals surface area contributed by atoms with Gasteiger partial charge in [-0.25, -0.2) is 14.2 Å². The number of hydrogen-bond acceptors (Lipinski definition) is 4. The monoisotopic (exact) mass is 280 g/mol. The SMILES string of the molecule is CN(Cc1ccc(F)cc1)Cc1csc(C(=O)O)n1. The highest BCUT2D eigenvalue weighted by Crippen LogP contribution is 2.13. The minimum Gasteiger partial charge on any atom is -0.476 e. The highest BCUT2D eigenvalue weighted by molar-refractivity contribution is 7.11. The molecule has 1 heterocycles. The fourth-order valence-electron chi connectivity index (χ4n) is 1.71. The molecule has 1 aromatic carbocycles. The summed E-state index contributed by atoms with van der Waals surface area (Å²) in [6.45, 7) is 1.21. The maximum Gasteiger partial charge on any atom is 0.365 e. The van der Waals surface area contributed by atoms with Crippen LogP contribution in [0, 0.1) is 5.82 Å². The maximum absolute atomic E-state index is 12.8. The molecule has 0 aliphatic carbocycles. The smallest absolute Gasteiger partial charge is 0.365 e. The molecule has 19 heavy (non-hydrogen) atoms. The van der Waals surface area contributed by atoms with Crippen molar-refractivity contribution >= 4 is 17.3 Å². The number of nitrogens with zero attached hydrogens (tertiary/aromatic N) is 2. The van der Waals surface area contributed by atoms with E-state index in [0.717, 1.165) is 22.6 Å². The van der Waals surface area contributed by atoms with Crippen molar-refractivity contribution in [3.05, 3.63) is 51.7 Å². The molecule has 1 N–H and O–H groups in total. The number of rotatable bonds is 5. The second kappa shape index (κ2) is 5.90. The zero-order valence-electron chi connectivity index (χ0n) is 10.3. The molecular weight excluding hydrogens is 267 g/mol. The van der Waals surface area contributed by atoms with Gasteiger partial charge in [-0.3, -0.25) is 4.90 Å². The third kappa shape index (κ3) is 3.84. The number of carboxylic acid groups (broad SMARTS) is 1. The van der Waals surface area contributed by atoms with Crippen molar-refractivity contribution < 1.29 is 14.3 Å². The molecule has 0 atom stereocenters. The van der Waals surface area contributed by atoms with E-state index < -0.39 is 5.97 Å². The average molecular weight is 280 g/mol. The van der Waals surface area contributed by atoms with E-state index in [-0.39, 0.29) is 10.8 Å². The summed E-state index contributed by atoms with van der Waals surface area (Å²) in [5.74, 6) is -1.26. The Balaban J connectivity index is 1.94. The highest BCUT2D eigenvalue weighted by atomic mass is 32.1. The van der Waals surface area contributed by atoms with Crippen molar-refractivity contribution in [2.75, 3.05) is 7.05 Å². The molecule has 0 unspecified atom stereocenters. The molecule has 0 spiro atoms. The van der Waals surface area contributed by atoms with E-state index >= 15 is 0 Å². The quantitative estimate of drug-likeness (QED) is 0.914. The van der Waals surface area contributed by atoms with Gasteiger partial charge in [-0.15, -0.1) is 11.3 Å². The van der Waals surface area contributed by atoms with Crippen LogP contribution >= 0.6 is 11.3 Å². The van der Waals surface area contributed by atoms with Gasteiger partial charge in [0.05, 0.1) is 5.69 Å². The van der Waals surface area contributed by atoms with Crippen LogP contribution < -0.4 is 0 Å². The minimum absolute atomic E-state index is 0.102. The van der Waals surface area contributed by atoms with Gasteiger partial charge in [0.1, 0.15) is 5.82 Å². The zero-order valence-corrected chi connectivity index (χ0v) is 11.2. The van der Waals surface area contributed by atoms with E-state index in [4.69, 9.17) is 5.11 Å². The first-order valence-corrected chi connectivity index (χ1v) is 6.53. The number of aromatic carboxylic acids is 1. The topological polar surface area (TPSA) is 53.4 Å². The molecule has 0 fully saturated rings. The number of benzene rings is 1. The summed E-state index contributed by atoms with van der Waals surface area (Å²) in [5, 5.41) is 10.6. The summed E-state index contributed by atoms with van der Waals surface area (Å²) >= 11 is 1.12. The molecule has 0 saturated carbocycles. The summed E-state index contributed by atoms with van der Waals surface area (Å²) < 4.78 is 12.8. The third-order valence-corrected chi connectivity index (χ3v) is 3.41. The van der Waals surface area contributed by atoms with E-state index in [9.17, 15) is 9.18 Å². The molecule has 100 valence electrons. The second-order valence-electron chi connectivity index (χ2n) is 4.25. The van der Waals surface area contributed by atoms with Gasteiger partial charge >= 0.3 is 5.97 Å². The van der Waals surface area contributed by atoms with Crippen molar-refractivity contribution in [2.24, 2.45) is 0 Å². The van der Waals surface area contributed by atoms with E-state index in [1.807, 2.05) is 11.9 Å². The Kier molecular flexibility index (Phi) is 4.24. The van der Waals surface area contributed by atoms with Crippen LogP contribution in [0.2, 0.25) is 0 Å². The first kappa shape index (κ1) is 13.6. The van der Waals surface area contributed by atoms with Crippen LogP contribution in [0.15, 0.2) is 29.6 Å². The maximum atomic E-state index is 12.8. The molecule has 1 aromatic heterocycles. The Labute approximate surface area is 114 Å². The van der Waals surface area contributed by atoms with Crippen molar-refractivity contribution in [1.29, 1.82) is 0 Å². The summed E-state index contributed by atoms with van der Waals surface area (Å²) in [5.41, 5.74) is 1.73. The average Bonchev–Trinajstić information content (AvgIpc) is 2.80. The largest absolute Gasteiger partial charge is 0.476 e.